The van der Waals surface area contributed by atoms with Crippen molar-refractivity contribution in [3.05, 3.63) is 63.0 Å². The molecule has 10 heteroatoms. The van der Waals surface area contributed by atoms with Crippen LogP contribution in [0.3, 0.4) is 0 Å². The molecule has 0 unspecified atom stereocenters. The number of carbonyl (C=O) groups excluding carboxylic acids is 2. The summed E-state index contributed by atoms with van der Waals surface area (Å²) in [6, 6.07) is 12.0. The third kappa shape index (κ3) is 6.28. The van der Waals surface area contributed by atoms with E-state index in [-0.39, 0.29) is 24.5 Å². The summed E-state index contributed by atoms with van der Waals surface area (Å²) in [4.78, 5) is 27.1. The first-order valence-corrected chi connectivity index (χ1v) is 12.2. The van der Waals surface area contributed by atoms with Crippen molar-refractivity contribution in [3.63, 3.8) is 0 Å². The highest BCUT2D eigenvalue weighted by Gasteiger charge is 2.34. The highest BCUT2D eigenvalue weighted by atomic mass is 35.5. The molecule has 2 aliphatic heterocycles. The summed E-state index contributed by atoms with van der Waals surface area (Å²) in [7, 11) is 0. The lowest BCUT2D eigenvalue weighted by Gasteiger charge is -2.18. The number of benzene rings is 2. The van der Waals surface area contributed by atoms with Gasteiger partial charge in [0.15, 0.2) is 6.61 Å². The van der Waals surface area contributed by atoms with Crippen molar-refractivity contribution in [1.29, 1.82) is 0 Å². The van der Waals surface area contributed by atoms with Gasteiger partial charge in [-0.3, -0.25) is 14.5 Å². The Hall–Kier alpha value is -2.10. The summed E-state index contributed by atoms with van der Waals surface area (Å²) < 4.78 is 11.7. The molecule has 2 aromatic rings. The van der Waals surface area contributed by atoms with Crippen molar-refractivity contribution in [3.8, 4) is 5.75 Å². The van der Waals surface area contributed by atoms with Crippen molar-refractivity contribution in [1.82, 2.24) is 4.90 Å². The van der Waals surface area contributed by atoms with Crippen molar-refractivity contribution in [2.45, 2.75) is 18.9 Å². The van der Waals surface area contributed by atoms with Crippen LogP contribution in [0.2, 0.25) is 10.0 Å². The lowest BCUT2D eigenvalue weighted by atomic mass is 10.2. The van der Waals surface area contributed by atoms with Gasteiger partial charge in [0.2, 0.25) is 0 Å². The van der Waals surface area contributed by atoms with Gasteiger partial charge in [-0.15, -0.1) is 0 Å². The predicted molar refractivity (Wildman–Crippen MR) is 136 cm³/mol. The molecule has 2 heterocycles. The number of carbonyl (C=O) groups is 2. The number of ether oxygens (including phenoxy) is 2. The first kappa shape index (κ1) is 24.0. The number of amides is 2. The van der Waals surface area contributed by atoms with Crippen LogP contribution in [0, 0.1) is 0 Å². The van der Waals surface area contributed by atoms with Gasteiger partial charge >= 0.3 is 0 Å². The van der Waals surface area contributed by atoms with Gasteiger partial charge in [0, 0.05) is 12.3 Å². The maximum Gasteiger partial charge on any atom is 0.266 e. The van der Waals surface area contributed by atoms with Crippen LogP contribution < -0.4 is 10.1 Å². The molecule has 0 bridgehead atoms. The Kier molecular flexibility index (Phi) is 7.93. The minimum Gasteiger partial charge on any atom is -0.484 e. The molecule has 0 aromatic heterocycles. The monoisotopic (exact) mass is 522 g/mol. The van der Waals surface area contributed by atoms with Crippen LogP contribution >= 0.6 is 47.2 Å². The van der Waals surface area contributed by atoms with Crippen LogP contribution in [0.25, 0.3) is 6.08 Å². The van der Waals surface area contributed by atoms with E-state index in [4.69, 9.17) is 44.9 Å². The average molecular weight is 523 g/mol. The van der Waals surface area contributed by atoms with E-state index in [9.17, 15) is 9.59 Å². The molecule has 2 fully saturated rings. The third-order valence-corrected chi connectivity index (χ3v) is 7.15. The van der Waals surface area contributed by atoms with Gasteiger partial charge in [0.05, 0.1) is 27.6 Å². The second-order valence-corrected chi connectivity index (χ2v) is 9.95. The number of nitrogens with zero attached hydrogens (tertiary/aromatic N) is 1. The summed E-state index contributed by atoms with van der Waals surface area (Å²) in [6.07, 6.45) is 3.82. The molecule has 1 N–H and O–H groups in total. The largest absolute Gasteiger partial charge is 0.484 e. The van der Waals surface area contributed by atoms with Gasteiger partial charge in [-0.25, -0.2) is 0 Å². The topological polar surface area (TPSA) is 67.9 Å². The van der Waals surface area contributed by atoms with E-state index in [0.29, 0.717) is 37.3 Å². The Bertz CT molecular complexity index is 1100. The standard InChI is InChI=1S/C23H20Cl2N2O4S2/c24-18-8-5-15(11-19(18)25)26-21(28)13-31-16-6-3-14(4-7-16)10-20-22(29)27(23(32)33-20)12-17-2-1-9-30-17/h3-8,10-11,17H,1-2,9,12-13H2,(H,26,28)/b20-10-/t17-/m0/s1. The number of hydrogen-bond acceptors (Lipinski definition) is 6. The molecule has 0 spiro atoms. The molecule has 0 saturated carbocycles. The fraction of sp³-hybridized carbons (Fsp3) is 0.261. The lowest BCUT2D eigenvalue weighted by molar-refractivity contribution is -0.123. The first-order valence-electron chi connectivity index (χ1n) is 10.2. The molecule has 1 atom stereocenters. The first-order chi connectivity index (χ1) is 15.9. The Balaban J connectivity index is 1.31. The van der Waals surface area contributed by atoms with Crippen LogP contribution in [-0.2, 0) is 14.3 Å². The van der Waals surface area contributed by atoms with E-state index in [2.05, 4.69) is 5.32 Å². The molecule has 4 rings (SSSR count). The van der Waals surface area contributed by atoms with E-state index in [1.165, 1.54) is 11.8 Å². The number of anilines is 1. The molecule has 33 heavy (non-hydrogen) atoms. The Morgan fingerprint density at radius 2 is 2.03 bits per heavy atom. The maximum absolute atomic E-state index is 12.8. The average Bonchev–Trinajstić information content (AvgIpc) is 3.40. The maximum atomic E-state index is 12.8. The smallest absolute Gasteiger partial charge is 0.266 e. The fourth-order valence-corrected chi connectivity index (χ4v) is 4.95. The quantitative estimate of drug-likeness (QED) is 0.388. The van der Waals surface area contributed by atoms with Crippen LogP contribution in [0.15, 0.2) is 47.4 Å². The van der Waals surface area contributed by atoms with Crippen molar-refractivity contribution < 1.29 is 19.1 Å². The summed E-state index contributed by atoms with van der Waals surface area (Å²) in [5.41, 5.74) is 1.37. The van der Waals surface area contributed by atoms with E-state index < -0.39 is 0 Å². The van der Waals surface area contributed by atoms with E-state index in [1.807, 2.05) is 12.1 Å². The number of rotatable bonds is 7. The number of thiocarbonyl (C=S) groups is 1. The number of halogens is 2. The number of hydrogen-bond donors (Lipinski definition) is 1. The van der Waals surface area contributed by atoms with Gasteiger partial charge in [0.1, 0.15) is 10.1 Å². The minimum absolute atomic E-state index is 0.0529. The third-order valence-electron chi connectivity index (χ3n) is 5.03. The molecule has 0 radical (unpaired) electrons. The number of nitrogens with one attached hydrogen (secondary N) is 1. The van der Waals surface area contributed by atoms with Gasteiger partial charge in [0.25, 0.3) is 11.8 Å². The SMILES string of the molecule is O=C(COc1ccc(/C=C2\SC(=S)N(C[C@@H]3CCCO3)C2=O)cc1)Nc1ccc(Cl)c(Cl)c1. The lowest BCUT2D eigenvalue weighted by Crippen LogP contribution is -2.35. The second kappa shape index (κ2) is 10.9. The second-order valence-electron chi connectivity index (χ2n) is 7.46. The van der Waals surface area contributed by atoms with Crippen molar-refractivity contribution in [2.75, 3.05) is 25.1 Å². The van der Waals surface area contributed by atoms with Crippen LogP contribution in [0.1, 0.15) is 18.4 Å². The number of thioether (sulfide) groups is 1. The zero-order valence-corrected chi connectivity index (χ0v) is 20.5. The van der Waals surface area contributed by atoms with Crippen molar-refractivity contribution >= 4 is 75.1 Å². The van der Waals surface area contributed by atoms with E-state index in [1.54, 1.807) is 41.3 Å². The zero-order valence-electron chi connectivity index (χ0n) is 17.4. The van der Waals surface area contributed by atoms with Gasteiger partial charge in [-0.1, -0.05) is 59.3 Å². The summed E-state index contributed by atoms with van der Waals surface area (Å²) >= 11 is 18.5. The van der Waals surface area contributed by atoms with Crippen molar-refractivity contribution in [2.24, 2.45) is 0 Å². The van der Waals surface area contributed by atoms with Gasteiger partial charge in [-0.2, -0.15) is 0 Å². The normalized spacial score (nSPS) is 19.4. The Labute approximate surface area is 211 Å². The Morgan fingerprint density at radius 3 is 2.73 bits per heavy atom. The van der Waals surface area contributed by atoms with Crippen LogP contribution in [-0.4, -0.2) is 46.9 Å². The van der Waals surface area contributed by atoms with Crippen LogP contribution in [0.4, 0.5) is 5.69 Å². The molecule has 6 nitrogen and oxygen atoms in total. The molecule has 2 aliphatic rings. The molecule has 2 saturated heterocycles. The highest BCUT2D eigenvalue weighted by Crippen LogP contribution is 2.33. The van der Waals surface area contributed by atoms with Gasteiger partial charge < -0.3 is 14.8 Å². The van der Waals surface area contributed by atoms with Gasteiger partial charge in [-0.05, 0) is 54.8 Å². The molecule has 2 aromatic carbocycles. The molecular formula is C23H20Cl2N2O4S2. The minimum atomic E-state index is -0.326. The Morgan fingerprint density at radius 1 is 1.24 bits per heavy atom. The molecule has 172 valence electrons. The molecular weight excluding hydrogens is 503 g/mol. The summed E-state index contributed by atoms with van der Waals surface area (Å²) in [5.74, 6) is 0.106. The summed E-state index contributed by atoms with van der Waals surface area (Å²) in [5, 5.41) is 3.47. The van der Waals surface area contributed by atoms with E-state index >= 15 is 0 Å². The fourth-order valence-electron chi connectivity index (χ4n) is 3.38. The van der Waals surface area contributed by atoms with E-state index in [0.717, 1.165) is 25.0 Å². The van der Waals surface area contributed by atoms with Crippen LogP contribution in [0.5, 0.6) is 5.75 Å². The zero-order chi connectivity index (χ0) is 23.4. The predicted octanol–water partition coefficient (Wildman–Crippen LogP) is 5.39. The molecule has 2 amide bonds. The highest BCUT2D eigenvalue weighted by molar-refractivity contribution is 8.26. The molecule has 0 aliphatic carbocycles. The summed E-state index contributed by atoms with van der Waals surface area (Å²) in [6.45, 7) is 1.07.